The van der Waals surface area contributed by atoms with Gasteiger partial charge in [-0.2, -0.15) is 0 Å². The minimum Gasteiger partial charge on any atom is -0.465 e. The van der Waals surface area contributed by atoms with E-state index in [1.54, 1.807) is 0 Å². The van der Waals surface area contributed by atoms with Crippen molar-refractivity contribution in [2.45, 2.75) is 12.7 Å². The fraction of sp³-hybridized carbons (Fsp3) is 0.462. The Balaban J connectivity index is 1.73. The van der Waals surface area contributed by atoms with E-state index in [9.17, 15) is 4.79 Å². The maximum absolute atomic E-state index is 10.9. The average Bonchev–Trinajstić information content (AvgIpc) is 2.41. The normalized spacial score (nSPS) is 19.4. The number of ether oxygens (including phenoxy) is 2. The Morgan fingerprint density at radius 2 is 2.21 bits per heavy atom. The van der Waals surface area contributed by atoms with Gasteiger partial charge in [-0.25, -0.2) is 4.79 Å². The van der Waals surface area contributed by atoms with Crippen LogP contribution in [0, 0.1) is 0 Å². The Labute approximate surface area is 120 Å². The van der Waals surface area contributed by atoms with Crippen molar-refractivity contribution in [2.75, 3.05) is 26.3 Å². The lowest BCUT2D eigenvalue weighted by Gasteiger charge is -2.30. The predicted molar refractivity (Wildman–Crippen MR) is 73.1 cm³/mol. The molecule has 1 N–H and O–H groups in total. The summed E-state index contributed by atoms with van der Waals surface area (Å²) in [5.41, 5.74) is 1.08. The highest BCUT2D eigenvalue weighted by Gasteiger charge is 2.23. The van der Waals surface area contributed by atoms with Gasteiger partial charge in [0.1, 0.15) is 0 Å². The summed E-state index contributed by atoms with van der Waals surface area (Å²) in [5.74, 6) is 0. The number of rotatable bonds is 4. The third kappa shape index (κ3) is 4.49. The molecular weight excluding hydrogens is 314 g/mol. The molecule has 1 aromatic rings. The van der Waals surface area contributed by atoms with Gasteiger partial charge in [-0.15, -0.1) is 0 Å². The number of hydrogen-bond donors (Lipinski definition) is 1. The summed E-state index contributed by atoms with van der Waals surface area (Å²) in [6.45, 7) is 2.13. The molecule has 0 saturated carbocycles. The molecule has 0 aliphatic carbocycles. The largest absolute Gasteiger partial charge is 0.465 e. The quantitative estimate of drug-likeness (QED) is 0.921. The zero-order valence-electron chi connectivity index (χ0n) is 10.4. The molecule has 1 aromatic carbocycles. The Morgan fingerprint density at radius 3 is 2.89 bits per heavy atom. The topological polar surface area (TPSA) is 59.0 Å². The van der Waals surface area contributed by atoms with Crippen LogP contribution in [0.4, 0.5) is 4.79 Å². The first-order chi connectivity index (χ1) is 9.15. The second kappa shape index (κ2) is 6.88. The molecule has 1 amide bonds. The fourth-order valence-corrected chi connectivity index (χ4v) is 2.15. The van der Waals surface area contributed by atoms with Crippen LogP contribution in [0.2, 0.25) is 0 Å². The van der Waals surface area contributed by atoms with Gasteiger partial charge in [0.25, 0.3) is 0 Å². The van der Waals surface area contributed by atoms with Gasteiger partial charge in [-0.3, -0.25) is 0 Å². The maximum atomic E-state index is 10.9. The minimum atomic E-state index is -0.902. The first kappa shape index (κ1) is 14.3. The summed E-state index contributed by atoms with van der Waals surface area (Å²) in [7, 11) is 0. The first-order valence-corrected chi connectivity index (χ1v) is 6.86. The molecule has 1 saturated heterocycles. The van der Waals surface area contributed by atoms with Crippen molar-refractivity contribution in [3.05, 3.63) is 34.3 Å². The molecule has 1 heterocycles. The second-order valence-electron chi connectivity index (χ2n) is 4.36. The van der Waals surface area contributed by atoms with Crippen LogP contribution in [-0.2, 0) is 16.1 Å². The molecule has 0 spiro atoms. The Bertz CT molecular complexity index is 423. The lowest BCUT2D eigenvalue weighted by molar-refractivity contribution is -0.0660. The van der Waals surface area contributed by atoms with Gasteiger partial charge >= 0.3 is 6.09 Å². The van der Waals surface area contributed by atoms with Crippen LogP contribution >= 0.6 is 15.9 Å². The van der Waals surface area contributed by atoms with Crippen LogP contribution in [0.1, 0.15) is 5.56 Å². The molecule has 1 unspecified atom stereocenters. The third-order valence-electron chi connectivity index (χ3n) is 2.90. The molecule has 0 bridgehead atoms. The zero-order chi connectivity index (χ0) is 13.7. The van der Waals surface area contributed by atoms with Crippen LogP contribution in [0.3, 0.4) is 0 Å². The van der Waals surface area contributed by atoms with Gasteiger partial charge in [-0.1, -0.05) is 28.1 Å². The molecule has 0 aromatic heterocycles. The highest BCUT2D eigenvalue weighted by Crippen LogP contribution is 2.12. The Kier molecular flexibility index (Phi) is 5.18. The maximum Gasteiger partial charge on any atom is 0.407 e. The summed E-state index contributed by atoms with van der Waals surface area (Å²) in [4.78, 5) is 12.2. The smallest absolute Gasteiger partial charge is 0.407 e. The standard InChI is InChI=1S/C13H16BrNO4/c14-11-3-1-10(2-4-11)8-18-9-12-7-15(13(16)17)5-6-19-12/h1-4,12H,5-9H2,(H,16,17). The molecule has 5 nitrogen and oxygen atoms in total. The molecule has 104 valence electrons. The second-order valence-corrected chi connectivity index (χ2v) is 5.28. The van der Waals surface area contributed by atoms with E-state index in [0.717, 1.165) is 10.0 Å². The van der Waals surface area contributed by atoms with E-state index in [1.807, 2.05) is 24.3 Å². The summed E-state index contributed by atoms with van der Waals surface area (Å²) in [6, 6.07) is 7.88. The first-order valence-electron chi connectivity index (χ1n) is 6.07. The zero-order valence-corrected chi connectivity index (χ0v) is 12.0. The molecule has 1 aliphatic rings. The summed E-state index contributed by atoms with van der Waals surface area (Å²) < 4.78 is 12.1. The molecular formula is C13H16BrNO4. The highest BCUT2D eigenvalue weighted by molar-refractivity contribution is 9.10. The van der Waals surface area contributed by atoms with Crippen molar-refractivity contribution in [1.82, 2.24) is 4.90 Å². The van der Waals surface area contributed by atoms with Gasteiger partial charge in [-0.05, 0) is 17.7 Å². The molecule has 1 aliphatic heterocycles. The fourth-order valence-electron chi connectivity index (χ4n) is 1.88. The predicted octanol–water partition coefficient (Wildman–Crippen LogP) is 2.34. The number of hydrogen-bond acceptors (Lipinski definition) is 3. The summed E-state index contributed by atoms with van der Waals surface area (Å²) >= 11 is 3.37. The third-order valence-corrected chi connectivity index (χ3v) is 3.42. The lowest BCUT2D eigenvalue weighted by Crippen LogP contribution is -2.46. The van der Waals surface area contributed by atoms with Gasteiger partial charge in [0.2, 0.25) is 0 Å². The number of amides is 1. The van der Waals surface area contributed by atoms with Crippen LogP contribution < -0.4 is 0 Å². The Morgan fingerprint density at radius 1 is 1.47 bits per heavy atom. The van der Waals surface area contributed by atoms with Gasteiger partial charge < -0.3 is 19.5 Å². The molecule has 6 heteroatoms. The number of morpholine rings is 1. The van der Waals surface area contributed by atoms with E-state index in [2.05, 4.69) is 15.9 Å². The highest BCUT2D eigenvalue weighted by atomic mass is 79.9. The number of benzene rings is 1. The summed E-state index contributed by atoms with van der Waals surface area (Å²) in [5, 5.41) is 8.91. The van der Waals surface area contributed by atoms with Crippen molar-refractivity contribution in [3.8, 4) is 0 Å². The SMILES string of the molecule is O=C(O)N1CCOC(COCc2ccc(Br)cc2)C1. The van der Waals surface area contributed by atoms with E-state index < -0.39 is 6.09 Å². The van der Waals surface area contributed by atoms with Gasteiger partial charge in [0, 0.05) is 11.0 Å². The average molecular weight is 330 g/mol. The van der Waals surface area contributed by atoms with E-state index in [-0.39, 0.29) is 6.10 Å². The van der Waals surface area contributed by atoms with E-state index in [1.165, 1.54) is 4.90 Å². The summed E-state index contributed by atoms with van der Waals surface area (Å²) in [6.07, 6.45) is -1.08. The van der Waals surface area contributed by atoms with Crippen LogP contribution in [0.25, 0.3) is 0 Å². The van der Waals surface area contributed by atoms with E-state index in [0.29, 0.717) is 32.9 Å². The number of carbonyl (C=O) groups is 1. The van der Waals surface area contributed by atoms with Crippen LogP contribution in [0.15, 0.2) is 28.7 Å². The van der Waals surface area contributed by atoms with Gasteiger partial charge in [0.15, 0.2) is 0 Å². The van der Waals surface area contributed by atoms with Crippen LogP contribution in [-0.4, -0.2) is 48.5 Å². The Hall–Kier alpha value is -1.11. The number of nitrogens with zero attached hydrogens (tertiary/aromatic N) is 1. The number of carboxylic acid groups (broad SMARTS) is 1. The van der Waals surface area contributed by atoms with E-state index in [4.69, 9.17) is 14.6 Å². The lowest BCUT2D eigenvalue weighted by atomic mass is 10.2. The molecule has 1 atom stereocenters. The monoisotopic (exact) mass is 329 g/mol. The van der Waals surface area contributed by atoms with Crippen molar-refractivity contribution >= 4 is 22.0 Å². The molecule has 19 heavy (non-hydrogen) atoms. The van der Waals surface area contributed by atoms with Crippen LogP contribution in [0.5, 0.6) is 0 Å². The van der Waals surface area contributed by atoms with Crippen molar-refractivity contribution in [3.63, 3.8) is 0 Å². The van der Waals surface area contributed by atoms with E-state index >= 15 is 0 Å². The van der Waals surface area contributed by atoms with Crippen molar-refractivity contribution < 1.29 is 19.4 Å². The van der Waals surface area contributed by atoms with Crippen molar-refractivity contribution in [1.29, 1.82) is 0 Å². The number of halogens is 1. The van der Waals surface area contributed by atoms with Gasteiger partial charge in [0.05, 0.1) is 32.5 Å². The molecule has 2 rings (SSSR count). The minimum absolute atomic E-state index is 0.180. The molecule has 0 radical (unpaired) electrons. The molecule has 1 fully saturated rings. The van der Waals surface area contributed by atoms with Crippen molar-refractivity contribution in [2.24, 2.45) is 0 Å².